The Bertz CT molecular complexity index is 2420. The number of nitrogens with zero attached hydrogens (tertiary/aromatic N) is 7. The highest BCUT2D eigenvalue weighted by atomic mass is 32.1. The second-order valence-electron chi connectivity index (χ2n) is 16.8. The summed E-state index contributed by atoms with van der Waals surface area (Å²) in [5.41, 5.74) is 8.49. The van der Waals surface area contributed by atoms with E-state index in [-0.39, 0.29) is 11.9 Å². The van der Waals surface area contributed by atoms with E-state index in [0.717, 1.165) is 112 Å². The maximum Gasteiger partial charge on any atom is 0.162 e. The number of phenolic OH excluding ortho intramolecular Hbond substituents is 1. The molecule has 1 atom stereocenters. The van der Waals surface area contributed by atoms with E-state index < -0.39 is 17.3 Å². The fraction of sp³-hybridized carbons (Fsp3) is 0.442. The number of hydrogen-bond acceptors (Lipinski definition) is 9. The summed E-state index contributed by atoms with van der Waals surface area (Å²) in [4.78, 5) is 13.4. The number of thiophene rings is 1. The maximum absolute atomic E-state index is 13.7. The van der Waals surface area contributed by atoms with Gasteiger partial charge in [0.05, 0.1) is 11.3 Å². The lowest BCUT2D eigenvalue weighted by Crippen LogP contribution is -2.55. The van der Waals surface area contributed by atoms with Gasteiger partial charge in [-0.25, -0.2) is 13.2 Å². The van der Waals surface area contributed by atoms with Crippen molar-refractivity contribution in [3.05, 3.63) is 141 Å². The van der Waals surface area contributed by atoms with Crippen LogP contribution in [0.2, 0.25) is 0 Å². The van der Waals surface area contributed by atoms with Crippen molar-refractivity contribution >= 4 is 28.4 Å². The molecular weight excluding hydrogens is 844 g/mol. The Balaban J connectivity index is 0.000000313. The molecule has 13 heteroatoms. The van der Waals surface area contributed by atoms with E-state index in [1.54, 1.807) is 36.5 Å². The van der Waals surface area contributed by atoms with E-state index in [4.69, 9.17) is 10.1 Å². The second-order valence-corrected chi connectivity index (χ2v) is 18.0. The topological polar surface area (TPSA) is 93.2 Å². The van der Waals surface area contributed by atoms with Crippen molar-refractivity contribution < 1.29 is 23.4 Å². The molecular formula is C52H68F3N7O2S. The molecule has 2 fully saturated rings. The minimum Gasteiger partial charge on any atom is -0.508 e. The van der Waals surface area contributed by atoms with Gasteiger partial charge in [0, 0.05) is 73.2 Å². The number of aromatic hydroxyl groups is 1. The van der Waals surface area contributed by atoms with Crippen LogP contribution in [0, 0.1) is 33.5 Å². The van der Waals surface area contributed by atoms with Gasteiger partial charge in [0.15, 0.2) is 11.7 Å². The number of fused-ring (bicyclic) bond motifs is 3. The largest absolute Gasteiger partial charge is 0.508 e. The number of phenols is 1. The predicted molar refractivity (Wildman–Crippen MR) is 263 cm³/mol. The third kappa shape index (κ3) is 12.8. The van der Waals surface area contributed by atoms with E-state index in [9.17, 15) is 18.3 Å². The fourth-order valence-electron chi connectivity index (χ4n) is 8.39. The number of halogens is 3. The molecule has 0 unspecified atom stereocenters. The number of aliphatic hydroxyl groups is 1. The highest BCUT2D eigenvalue weighted by Crippen LogP contribution is 2.39. The number of hydrogen-bond donors (Lipinski definition) is 2. The third-order valence-corrected chi connectivity index (χ3v) is 13.3. The van der Waals surface area contributed by atoms with Gasteiger partial charge in [0.1, 0.15) is 34.3 Å². The van der Waals surface area contributed by atoms with Crippen molar-refractivity contribution in [3.63, 3.8) is 0 Å². The van der Waals surface area contributed by atoms with Gasteiger partial charge in [-0.2, -0.15) is 0 Å². The summed E-state index contributed by atoms with van der Waals surface area (Å²) < 4.78 is 39.5. The first-order valence-corrected chi connectivity index (χ1v) is 23.8. The average molecular weight is 912 g/mol. The number of piperidine rings is 1. The number of aromatic nitrogens is 3. The molecule has 0 radical (unpaired) electrons. The molecule has 0 saturated carbocycles. The van der Waals surface area contributed by atoms with Crippen molar-refractivity contribution in [2.45, 2.75) is 107 Å². The highest BCUT2D eigenvalue weighted by Gasteiger charge is 2.35. The highest BCUT2D eigenvalue weighted by molar-refractivity contribution is 7.15. The molecule has 2 saturated heterocycles. The van der Waals surface area contributed by atoms with Gasteiger partial charge in [-0.1, -0.05) is 57.5 Å². The zero-order valence-corrected chi connectivity index (χ0v) is 40.7. The summed E-state index contributed by atoms with van der Waals surface area (Å²) in [6.07, 6.45) is 6.25. The van der Waals surface area contributed by atoms with Crippen LogP contribution in [0.25, 0.3) is 5.00 Å². The number of aryl methyl sites for hydroxylation is 4. The molecule has 0 aliphatic carbocycles. The molecule has 5 aromatic rings. The zero-order chi connectivity index (χ0) is 47.4. The normalized spacial score (nSPS) is 17.3. The number of piperazine rings is 1. The van der Waals surface area contributed by atoms with Crippen LogP contribution in [0.15, 0.2) is 95.5 Å². The summed E-state index contributed by atoms with van der Waals surface area (Å²) in [5.74, 6) is 0.359. The van der Waals surface area contributed by atoms with Gasteiger partial charge in [-0.3, -0.25) is 14.5 Å². The minimum atomic E-state index is -0.799. The lowest BCUT2D eigenvalue weighted by Gasteiger charge is -2.44. The first-order chi connectivity index (χ1) is 31.1. The molecule has 0 bridgehead atoms. The molecule has 65 heavy (non-hydrogen) atoms. The number of allylic oxidation sites excluding steroid dienone is 4. The van der Waals surface area contributed by atoms with Gasteiger partial charge in [0.2, 0.25) is 0 Å². The first kappa shape index (κ1) is 50.8. The Hall–Kier alpha value is -5.24. The van der Waals surface area contributed by atoms with Crippen LogP contribution in [0.4, 0.5) is 24.5 Å². The molecule has 3 aliphatic heterocycles. The number of β-amino-alcohol motifs (C(OH)–C–C–N with tert-alkyl or cyclic N) is 1. The quantitative estimate of drug-likeness (QED) is 0.150. The van der Waals surface area contributed by atoms with Crippen LogP contribution in [-0.4, -0.2) is 87.0 Å². The van der Waals surface area contributed by atoms with Crippen LogP contribution >= 0.6 is 11.3 Å². The van der Waals surface area contributed by atoms with Crippen LogP contribution in [0.5, 0.6) is 5.75 Å². The van der Waals surface area contributed by atoms with Crippen molar-refractivity contribution in [2.24, 2.45) is 4.99 Å². The molecule has 350 valence electrons. The fourth-order valence-corrected chi connectivity index (χ4v) is 9.61. The average Bonchev–Trinajstić information content (AvgIpc) is 3.78. The Kier molecular flexibility index (Phi) is 18.2. The molecule has 0 spiro atoms. The zero-order valence-electron chi connectivity index (χ0n) is 39.9. The monoisotopic (exact) mass is 912 g/mol. The summed E-state index contributed by atoms with van der Waals surface area (Å²) in [7, 11) is 0. The van der Waals surface area contributed by atoms with Crippen molar-refractivity contribution in [1.29, 1.82) is 0 Å². The third-order valence-electron chi connectivity index (χ3n) is 12.1. The first-order valence-electron chi connectivity index (χ1n) is 23.0. The van der Waals surface area contributed by atoms with Gasteiger partial charge in [-0.05, 0) is 133 Å². The van der Waals surface area contributed by atoms with Gasteiger partial charge in [0.25, 0.3) is 0 Å². The van der Waals surface area contributed by atoms with Crippen LogP contribution in [0.1, 0.15) is 111 Å². The molecule has 2 N–H and O–H groups in total. The molecule has 0 amide bonds. The molecule has 3 aromatic carbocycles. The number of rotatable bonds is 8. The van der Waals surface area contributed by atoms with E-state index >= 15 is 0 Å². The molecule has 9 nitrogen and oxygen atoms in total. The Morgan fingerprint density at radius 1 is 0.877 bits per heavy atom. The van der Waals surface area contributed by atoms with E-state index in [1.807, 2.05) is 45.9 Å². The summed E-state index contributed by atoms with van der Waals surface area (Å²) >= 11 is 1.78. The molecule has 5 heterocycles. The van der Waals surface area contributed by atoms with Crippen molar-refractivity contribution in [3.8, 4) is 10.8 Å². The smallest absolute Gasteiger partial charge is 0.162 e. The summed E-state index contributed by atoms with van der Waals surface area (Å²) in [6, 6.07) is 21.0. The Morgan fingerprint density at radius 3 is 2.12 bits per heavy atom. The number of benzene rings is 3. The standard InChI is InChI=1S/C34H40FN7OS.C10H14O.C6H8F2.C2H6/c1-22-24(3)44-33-30(22)31(36-23(2)32-38-37-25(4)42(32)33)26-8-10-28(11-9-26)40-14-12-34(43,13-15-40)21-39-16-18-41(19-17-39)29-7-5-6-27(35)20-29;1-3-4-9-5-6-10(11)7-8(9)2;1-3-4-6(8)5(2)7;1-2/h5-11,20,23,43H,12-19,21H2,1-4H3;5-7,11H,3-4H2,1-2H3;3-4H,1-2H3;1-2H3/b;;4-3-,6-5-;/t23-;;;/m0.../s1. The maximum atomic E-state index is 13.7. The Labute approximate surface area is 388 Å². The van der Waals surface area contributed by atoms with E-state index in [0.29, 0.717) is 12.3 Å². The van der Waals surface area contributed by atoms with Gasteiger partial charge >= 0.3 is 0 Å². The van der Waals surface area contributed by atoms with Gasteiger partial charge in [-0.15, -0.1) is 21.5 Å². The van der Waals surface area contributed by atoms with E-state index in [2.05, 4.69) is 81.4 Å². The summed E-state index contributed by atoms with van der Waals surface area (Å²) in [6.45, 7) is 25.1. The van der Waals surface area contributed by atoms with Crippen molar-refractivity contribution in [2.75, 3.05) is 55.6 Å². The minimum absolute atomic E-state index is 0.103. The lowest BCUT2D eigenvalue weighted by atomic mass is 9.90. The molecule has 2 aromatic heterocycles. The summed E-state index contributed by atoms with van der Waals surface area (Å²) in [5, 5.41) is 30.6. The molecule has 8 rings (SSSR count). The number of anilines is 2. The SMILES string of the molecule is C/C=C\C(F)=C(/C)F.CC.CCCc1ccc(O)cc1C.Cc1sc2c(c1C)C(c1ccc(N3CCC(O)(CN4CCN(c5cccc(F)c5)CC4)CC3)cc1)=N[C@@H](C)c1nnc(C)n1-2. The predicted octanol–water partition coefficient (Wildman–Crippen LogP) is 11.9. The molecule has 3 aliphatic rings. The lowest BCUT2D eigenvalue weighted by molar-refractivity contribution is -0.0173. The van der Waals surface area contributed by atoms with Gasteiger partial charge < -0.3 is 20.0 Å². The van der Waals surface area contributed by atoms with Crippen LogP contribution < -0.4 is 9.80 Å². The van der Waals surface area contributed by atoms with Crippen LogP contribution in [0.3, 0.4) is 0 Å². The Morgan fingerprint density at radius 2 is 1.54 bits per heavy atom. The second kappa shape index (κ2) is 23.3. The van der Waals surface area contributed by atoms with Crippen molar-refractivity contribution in [1.82, 2.24) is 19.7 Å². The number of aliphatic imine (C=N–C) groups is 1. The van der Waals surface area contributed by atoms with E-state index in [1.165, 1.54) is 45.0 Å². The van der Waals surface area contributed by atoms with Crippen LogP contribution in [-0.2, 0) is 6.42 Å².